The van der Waals surface area contributed by atoms with Crippen LogP contribution in [0.15, 0.2) is 33.9 Å². The van der Waals surface area contributed by atoms with Crippen molar-refractivity contribution in [2.45, 2.75) is 24.1 Å². The Hall–Kier alpha value is -2.35. The molecule has 3 rings (SSSR count). The number of pyridine rings is 1. The molecule has 24 heavy (non-hydrogen) atoms. The van der Waals surface area contributed by atoms with Crippen LogP contribution in [0.2, 0.25) is 0 Å². The Morgan fingerprint density at radius 2 is 2.33 bits per heavy atom. The highest BCUT2D eigenvalue weighted by molar-refractivity contribution is 7.98. The summed E-state index contributed by atoms with van der Waals surface area (Å²) in [5.41, 5.74) is 1.28. The number of likely N-dealkylation sites (tertiary alicyclic amines) is 1. The number of hydrogen-bond donors (Lipinski definition) is 1. The molecule has 0 aliphatic carbocycles. The van der Waals surface area contributed by atoms with Crippen LogP contribution in [0.25, 0.3) is 0 Å². The number of hydrogen-bond acceptors (Lipinski definition) is 6. The van der Waals surface area contributed by atoms with Gasteiger partial charge in [-0.25, -0.2) is 4.98 Å². The molecule has 0 saturated carbocycles. The highest BCUT2D eigenvalue weighted by atomic mass is 32.2. The van der Waals surface area contributed by atoms with Gasteiger partial charge in [-0.1, -0.05) is 16.9 Å². The van der Waals surface area contributed by atoms with E-state index in [1.807, 2.05) is 13.0 Å². The van der Waals surface area contributed by atoms with Gasteiger partial charge in [0.2, 0.25) is 0 Å². The lowest BCUT2D eigenvalue weighted by molar-refractivity contribution is -0.141. The van der Waals surface area contributed by atoms with Crippen molar-refractivity contribution in [1.29, 1.82) is 0 Å². The van der Waals surface area contributed by atoms with Crippen molar-refractivity contribution in [3.05, 3.63) is 41.4 Å². The predicted molar refractivity (Wildman–Crippen MR) is 86.7 cm³/mol. The van der Waals surface area contributed by atoms with E-state index in [1.54, 1.807) is 23.2 Å². The maximum Gasteiger partial charge on any atom is 0.308 e. The van der Waals surface area contributed by atoms with E-state index in [4.69, 9.17) is 9.63 Å². The zero-order valence-corrected chi connectivity index (χ0v) is 14.0. The van der Waals surface area contributed by atoms with Crippen molar-refractivity contribution in [2.75, 3.05) is 13.1 Å². The van der Waals surface area contributed by atoms with Crippen molar-refractivity contribution < 1.29 is 19.2 Å². The fraction of sp³-hybridized carbons (Fsp3) is 0.375. The van der Waals surface area contributed by atoms with E-state index < -0.39 is 11.9 Å². The lowest BCUT2D eigenvalue weighted by atomic mass is 10.1. The molecule has 1 saturated heterocycles. The molecule has 1 N–H and O–H groups in total. The van der Waals surface area contributed by atoms with E-state index in [1.165, 1.54) is 11.8 Å². The van der Waals surface area contributed by atoms with Crippen molar-refractivity contribution >= 4 is 23.6 Å². The topological polar surface area (TPSA) is 96.5 Å². The number of carboxylic acid groups (broad SMARTS) is 1. The maximum atomic E-state index is 12.7. The fourth-order valence-corrected chi connectivity index (χ4v) is 3.48. The minimum Gasteiger partial charge on any atom is -0.481 e. The summed E-state index contributed by atoms with van der Waals surface area (Å²) in [6.07, 6.45) is 2.12. The van der Waals surface area contributed by atoms with Crippen LogP contribution in [-0.2, 0) is 10.5 Å². The summed E-state index contributed by atoms with van der Waals surface area (Å²) in [6.45, 7) is 2.52. The van der Waals surface area contributed by atoms with Gasteiger partial charge in [-0.2, -0.15) is 0 Å². The van der Waals surface area contributed by atoms with E-state index in [-0.39, 0.29) is 12.5 Å². The largest absolute Gasteiger partial charge is 0.481 e. The number of carboxylic acids is 1. The van der Waals surface area contributed by atoms with Gasteiger partial charge in [-0.15, -0.1) is 0 Å². The summed E-state index contributed by atoms with van der Waals surface area (Å²) in [7, 11) is 0. The van der Waals surface area contributed by atoms with E-state index in [2.05, 4.69) is 10.1 Å². The number of aliphatic carboxylic acids is 1. The van der Waals surface area contributed by atoms with Crippen LogP contribution in [0.1, 0.15) is 28.2 Å². The number of thioether (sulfide) groups is 1. The maximum absolute atomic E-state index is 12.7. The molecule has 0 bridgehead atoms. The first kappa shape index (κ1) is 16.5. The Labute approximate surface area is 143 Å². The van der Waals surface area contributed by atoms with E-state index in [0.29, 0.717) is 29.3 Å². The number of nitrogens with zero attached hydrogens (tertiary/aromatic N) is 3. The Morgan fingerprint density at radius 1 is 1.50 bits per heavy atom. The zero-order valence-electron chi connectivity index (χ0n) is 13.1. The molecule has 2 aromatic rings. The molecule has 3 heterocycles. The Kier molecular flexibility index (Phi) is 4.84. The molecule has 0 spiro atoms. The first-order valence-electron chi connectivity index (χ1n) is 7.56. The van der Waals surface area contributed by atoms with Gasteiger partial charge < -0.3 is 14.5 Å². The molecular weight excluding hydrogens is 330 g/mol. The number of carbonyl (C=O) groups excluding carboxylic acids is 1. The first-order valence-corrected chi connectivity index (χ1v) is 8.55. The third-order valence-corrected chi connectivity index (χ3v) is 4.90. The number of rotatable bonds is 5. The van der Waals surface area contributed by atoms with Gasteiger partial charge in [0.25, 0.3) is 5.91 Å². The summed E-state index contributed by atoms with van der Waals surface area (Å²) in [5, 5.41) is 13.6. The molecule has 0 radical (unpaired) electrons. The second kappa shape index (κ2) is 7.04. The van der Waals surface area contributed by atoms with Crippen LogP contribution in [0.4, 0.5) is 0 Å². The number of carbonyl (C=O) groups is 2. The summed E-state index contributed by atoms with van der Waals surface area (Å²) in [4.78, 5) is 29.6. The van der Waals surface area contributed by atoms with Gasteiger partial charge in [0.1, 0.15) is 10.8 Å². The van der Waals surface area contributed by atoms with Crippen molar-refractivity contribution in [3.8, 4) is 0 Å². The lowest BCUT2D eigenvalue weighted by Crippen LogP contribution is -2.30. The van der Waals surface area contributed by atoms with Crippen LogP contribution >= 0.6 is 11.8 Å². The second-order valence-corrected chi connectivity index (χ2v) is 6.61. The number of amides is 1. The molecule has 1 amide bonds. The predicted octanol–water partition coefficient (Wildman–Crippen LogP) is 2.22. The Bertz CT molecular complexity index is 761. The minimum absolute atomic E-state index is 0.175. The Balaban J connectivity index is 1.71. The van der Waals surface area contributed by atoms with Crippen LogP contribution in [-0.4, -0.2) is 45.1 Å². The molecule has 2 aromatic heterocycles. The normalized spacial score (nSPS) is 17.2. The average Bonchev–Trinajstić information content (AvgIpc) is 3.22. The van der Waals surface area contributed by atoms with Gasteiger partial charge in [0, 0.05) is 31.1 Å². The quantitative estimate of drug-likeness (QED) is 0.828. The molecule has 8 heteroatoms. The van der Waals surface area contributed by atoms with Gasteiger partial charge >= 0.3 is 5.97 Å². The third-order valence-electron chi connectivity index (χ3n) is 3.86. The lowest BCUT2D eigenvalue weighted by Gasteiger charge is -2.17. The smallest absolute Gasteiger partial charge is 0.308 e. The standard InChI is InChI=1S/C16H17N3O4S/c1-10-7-12(18-23-10)9-24-14-13(3-2-5-17-14)15(20)19-6-4-11(8-19)16(21)22/h2-3,5,7,11H,4,6,8-9H2,1H3,(H,21,22). The average molecular weight is 347 g/mol. The highest BCUT2D eigenvalue weighted by Crippen LogP contribution is 2.27. The van der Waals surface area contributed by atoms with E-state index >= 15 is 0 Å². The molecule has 1 unspecified atom stereocenters. The summed E-state index contributed by atoms with van der Waals surface area (Å²) in [6, 6.07) is 5.28. The third kappa shape index (κ3) is 3.59. The molecule has 1 aliphatic rings. The first-order chi connectivity index (χ1) is 11.5. The van der Waals surface area contributed by atoms with Crippen LogP contribution in [0.5, 0.6) is 0 Å². The SMILES string of the molecule is Cc1cc(CSc2ncccc2C(=O)N2CCC(C(=O)O)C2)no1. The van der Waals surface area contributed by atoms with E-state index in [0.717, 1.165) is 11.5 Å². The summed E-state index contributed by atoms with van der Waals surface area (Å²) < 4.78 is 5.03. The van der Waals surface area contributed by atoms with Crippen molar-refractivity contribution in [3.63, 3.8) is 0 Å². The van der Waals surface area contributed by atoms with Gasteiger partial charge in [-0.05, 0) is 25.5 Å². The Morgan fingerprint density at radius 3 is 3.00 bits per heavy atom. The van der Waals surface area contributed by atoms with Gasteiger partial charge in [0.05, 0.1) is 17.2 Å². The van der Waals surface area contributed by atoms with Crippen LogP contribution in [0, 0.1) is 12.8 Å². The second-order valence-electron chi connectivity index (χ2n) is 5.65. The molecule has 1 atom stereocenters. The monoisotopic (exact) mass is 347 g/mol. The molecule has 7 nitrogen and oxygen atoms in total. The van der Waals surface area contributed by atoms with Crippen molar-refractivity contribution in [2.24, 2.45) is 5.92 Å². The van der Waals surface area contributed by atoms with Crippen LogP contribution < -0.4 is 0 Å². The summed E-state index contributed by atoms with van der Waals surface area (Å²) in [5.74, 6) is -0.232. The minimum atomic E-state index is -0.854. The number of aromatic nitrogens is 2. The zero-order chi connectivity index (χ0) is 17.1. The van der Waals surface area contributed by atoms with Gasteiger partial charge in [-0.3, -0.25) is 9.59 Å². The molecule has 126 valence electrons. The molecule has 1 aliphatic heterocycles. The number of aryl methyl sites for hydroxylation is 1. The highest BCUT2D eigenvalue weighted by Gasteiger charge is 2.32. The molecular formula is C16H17N3O4S. The van der Waals surface area contributed by atoms with Gasteiger partial charge in [0.15, 0.2) is 0 Å². The molecule has 1 fully saturated rings. The van der Waals surface area contributed by atoms with Crippen molar-refractivity contribution in [1.82, 2.24) is 15.0 Å². The van der Waals surface area contributed by atoms with E-state index in [9.17, 15) is 9.59 Å². The summed E-state index contributed by atoms with van der Waals surface area (Å²) >= 11 is 1.41. The molecule has 0 aromatic carbocycles. The fourth-order valence-electron chi connectivity index (χ4n) is 2.61. The van der Waals surface area contributed by atoms with Crippen LogP contribution in [0.3, 0.4) is 0 Å².